The van der Waals surface area contributed by atoms with Gasteiger partial charge in [-0.2, -0.15) is 23.5 Å². The van der Waals surface area contributed by atoms with Crippen LogP contribution < -0.4 is 5.32 Å². The molecule has 1 aromatic carbocycles. The number of carbonyl (C=O) groups is 1. The van der Waals surface area contributed by atoms with Crippen LogP contribution in [0.5, 0.6) is 0 Å². The molecule has 9 heteroatoms. The number of halogens is 4. The predicted octanol–water partition coefficient (Wildman–Crippen LogP) is 4.40. The highest BCUT2D eigenvalue weighted by atomic mass is 35.5. The van der Waals surface area contributed by atoms with Gasteiger partial charge < -0.3 is 5.32 Å². The van der Waals surface area contributed by atoms with Crippen LogP contribution in [0.15, 0.2) is 24.4 Å². The number of benzene rings is 1. The summed E-state index contributed by atoms with van der Waals surface area (Å²) in [5.41, 5.74) is -0.706. The van der Waals surface area contributed by atoms with Crippen LogP contribution in [0.25, 0.3) is 5.69 Å². The molecule has 2 aromatic rings. The van der Waals surface area contributed by atoms with Crippen LogP contribution in [0.1, 0.15) is 31.4 Å². The van der Waals surface area contributed by atoms with E-state index in [1.807, 2.05) is 13.0 Å². The van der Waals surface area contributed by atoms with Crippen molar-refractivity contribution in [3.63, 3.8) is 0 Å². The molecule has 0 aliphatic rings. The highest BCUT2D eigenvalue weighted by Crippen LogP contribution is 2.34. The van der Waals surface area contributed by atoms with Gasteiger partial charge in [0, 0.05) is 5.92 Å². The number of alkyl halides is 3. The molecule has 0 aliphatic carbocycles. The summed E-state index contributed by atoms with van der Waals surface area (Å²) in [4.78, 5) is 12.1. The fraction of sp³-hybridized carbons (Fsp3) is 0.312. The van der Waals surface area contributed by atoms with Gasteiger partial charge in [-0.05, 0) is 24.6 Å². The first-order chi connectivity index (χ1) is 11.7. The molecule has 132 valence electrons. The predicted molar refractivity (Wildman–Crippen MR) is 86.4 cm³/mol. The molecule has 0 saturated carbocycles. The first-order valence-electron chi connectivity index (χ1n) is 7.35. The van der Waals surface area contributed by atoms with Crippen LogP contribution >= 0.6 is 11.6 Å². The zero-order valence-corrected chi connectivity index (χ0v) is 14.1. The second kappa shape index (κ2) is 7.15. The largest absolute Gasteiger partial charge is 0.416 e. The van der Waals surface area contributed by atoms with E-state index in [-0.39, 0.29) is 33.9 Å². The lowest BCUT2D eigenvalue weighted by Gasteiger charge is -2.14. The summed E-state index contributed by atoms with van der Waals surface area (Å²) in [5.74, 6) is -0.573. The van der Waals surface area contributed by atoms with Crippen molar-refractivity contribution in [1.29, 1.82) is 5.26 Å². The summed E-state index contributed by atoms with van der Waals surface area (Å²) in [5, 5.41) is 15.5. The van der Waals surface area contributed by atoms with Crippen molar-refractivity contribution in [2.45, 2.75) is 26.4 Å². The molecule has 1 heterocycles. The van der Waals surface area contributed by atoms with E-state index in [1.165, 1.54) is 6.20 Å². The van der Waals surface area contributed by atoms with Crippen molar-refractivity contribution in [1.82, 2.24) is 9.78 Å². The maximum Gasteiger partial charge on any atom is 0.416 e. The van der Waals surface area contributed by atoms with Gasteiger partial charge in [-0.25, -0.2) is 4.68 Å². The molecule has 0 radical (unpaired) electrons. The van der Waals surface area contributed by atoms with E-state index in [0.29, 0.717) is 6.42 Å². The highest BCUT2D eigenvalue weighted by Gasteiger charge is 2.31. The molecular formula is C16H14ClF3N4O. The highest BCUT2D eigenvalue weighted by molar-refractivity contribution is 6.32. The first kappa shape index (κ1) is 18.8. The first-order valence-corrected chi connectivity index (χ1v) is 7.73. The Labute approximate surface area is 147 Å². The third-order valence-electron chi connectivity index (χ3n) is 3.69. The number of amides is 1. The van der Waals surface area contributed by atoms with E-state index in [4.69, 9.17) is 11.6 Å². The van der Waals surface area contributed by atoms with Crippen molar-refractivity contribution in [2.24, 2.45) is 5.92 Å². The molecular weight excluding hydrogens is 357 g/mol. The number of anilines is 1. The molecule has 5 nitrogen and oxygen atoms in total. The van der Waals surface area contributed by atoms with Crippen LogP contribution in [-0.4, -0.2) is 15.7 Å². The van der Waals surface area contributed by atoms with Gasteiger partial charge in [0.25, 0.3) is 0 Å². The molecule has 0 aliphatic heterocycles. The lowest BCUT2D eigenvalue weighted by molar-refractivity contribution is -0.137. The van der Waals surface area contributed by atoms with Crippen molar-refractivity contribution < 1.29 is 18.0 Å². The molecule has 1 N–H and O–H groups in total. The minimum absolute atomic E-state index is 0.0643. The Morgan fingerprint density at radius 3 is 2.68 bits per heavy atom. The number of aromatic nitrogens is 2. The summed E-state index contributed by atoms with van der Waals surface area (Å²) in [6, 6.07) is 4.64. The second-order valence-corrected chi connectivity index (χ2v) is 5.80. The van der Waals surface area contributed by atoms with Crippen molar-refractivity contribution in [2.75, 3.05) is 5.32 Å². The van der Waals surface area contributed by atoms with E-state index >= 15 is 0 Å². The van der Waals surface area contributed by atoms with Crippen LogP contribution in [0.3, 0.4) is 0 Å². The Morgan fingerprint density at radius 1 is 1.48 bits per heavy atom. The molecule has 1 unspecified atom stereocenters. The SMILES string of the molecule is CCC(C)C(=O)Nc1c(C#N)cnn1-c1ccc(C(F)(F)F)cc1Cl. The standard InChI is InChI=1S/C16H14ClF3N4O/c1-3-9(2)15(25)23-14-10(7-21)8-22-24(14)13-5-4-11(6-12(13)17)16(18,19)20/h4-6,8-9H,3H2,1-2H3,(H,23,25). The third-order valence-corrected chi connectivity index (χ3v) is 4.00. The molecule has 2 rings (SSSR count). The Bertz CT molecular complexity index is 839. The van der Waals surface area contributed by atoms with E-state index in [1.54, 1.807) is 6.92 Å². The minimum atomic E-state index is -4.53. The number of rotatable bonds is 4. The average Bonchev–Trinajstić information content (AvgIpc) is 2.95. The summed E-state index contributed by atoms with van der Waals surface area (Å²) in [7, 11) is 0. The number of nitrogens with zero attached hydrogens (tertiary/aromatic N) is 3. The maximum absolute atomic E-state index is 12.8. The maximum atomic E-state index is 12.8. The molecule has 1 atom stereocenters. The number of nitrogens with one attached hydrogen (secondary N) is 1. The molecule has 0 bridgehead atoms. The number of nitriles is 1. The zero-order chi connectivity index (χ0) is 18.8. The third kappa shape index (κ3) is 3.94. The summed E-state index contributed by atoms with van der Waals surface area (Å²) in [6.45, 7) is 3.55. The van der Waals surface area contributed by atoms with Crippen molar-refractivity contribution in [3.05, 3.63) is 40.5 Å². The number of hydrogen-bond acceptors (Lipinski definition) is 3. The molecule has 0 saturated heterocycles. The van der Waals surface area contributed by atoms with Gasteiger partial charge in [0.2, 0.25) is 5.91 Å². The molecule has 1 aromatic heterocycles. The average molecular weight is 371 g/mol. The van der Waals surface area contributed by atoms with E-state index in [9.17, 15) is 23.2 Å². The molecule has 0 spiro atoms. The fourth-order valence-corrected chi connectivity index (χ4v) is 2.27. The number of carbonyl (C=O) groups excluding carboxylic acids is 1. The number of hydrogen-bond donors (Lipinski definition) is 1. The zero-order valence-electron chi connectivity index (χ0n) is 13.4. The fourth-order valence-electron chi connectivity index (χ4n) is 2.01. The summed E-state index contributed by atoms with van der Waals surface area (Å²) < 4.78 is 39.4. The molecule has 0 fully saturated rings. The molecule has 25 heavy (non-hydrogen) atoms. The van der Waals surface area contributed by atoms with Gasteiger partial charge in [0.1, 0.15) is 11.6 Å². The van der Waals surface area contributed by atoms with Crippen molar-refractivity contribution >= 4 is 23.3 Å². The van der Waals surface area contributed by atoms with E-state index in [0.717, 1.165) is 22.9 Å². The van der Waals surface area contributed by atoms with Gasteiger partial charge in [0.05, 0.1) is 22.5 Å². The normalized spacial score (nSPS) is 12.5. The quantitative estimate of drug-likeness (QED) is 0.867. The lowest BCUT2D eigenvalue weighted by atomic mass is 10.1. The van der Waals surface area contributed by atoms with Gasteiger partial charge in [0.15, 0.2) is 5.82 Å². The Morgan fingerprint density at radius 2 is 2.16 bits per heavy atom. The topological polar surface area (TPSA) is 70.7 Å². The van der Waals surface area contributed by atoms with E-state index in [2.05, 4.69) is 10.4 Å². The van der Waals surface area contributed by atoms with Crippen LogP contribution in [0.2, 0.25) is 5.02 Å². The van der Waals surface area contributed by atoms with Crippen LogP contribution in [-0.2, 0) is 11.0 Å². The van der Waals surface area contributed by atoms with Gasteiger partial charge in [-0.3, -0.25) is 4.79 Å². The van der Waals surface area contributed by atoms with Gasteiger partial charge in [-0.1, -0.05) is 25.4 Å². The molecule has 1 amide bonds. The Hall–Kier alpha value is -2.53. The monoisotopic (exact) mass is 370 g/mol. The minimum Gasteiger partial charge on any atom is -0.309 e. The van der Waals surface area contributed by atoms with E-state index < -0.39 is 11.7 Å². The van der Waals surface area contributed by atoms with Crippen molar-refractivity contribution in [3.8, 4) is 11.8 Å². The van der Waals surface area contributed by atoms with Crippen LogP contribution in [0.4, 0.5) is 19.0 Å². The Kier molecular flexibility index (Phi) is 5.38. The second-order valence-electron chi connectivity index (χ2n) is 5.39. The van der Waals surface area contributed by atoms with Gasteiger partial charge >= 0.3 is 6.18 Å². The summed E-state index contributed by atoms with van der Waals surface area (Å²) >= 11 is 5.96. The van der Waals surface area contributed by atoms with Crippen LogP contribution in [0, 0.1) is 17.2 Å². The van der Waals surface area contributed by atoms with Gasteiger partial charge in [-0.15, -0.1) is 0 Å². The Balaban J connectivity index is 2.49. The summed E-state index contributed by atoms with van der Waals surface area (Å²) in [6.07, 6.45) is -2.74. The lowest BCUT2D eigenvalue weighted by Crippen LogP contribution is -2.22. The smallest absolute Gasteiger partial charge is 0.309 e.